The summed E-state index contributed by atoms with van der Waals surface area (Å²) in [7, 11) is -3.56. The number of hydrogen-bond donors (Lipinski definition) is 3. The molecule has 0 heterocycles. The summed E-state index contributed by atoms with van der Waals surface area (Å²) in [4.78, 5) is 12.1. The minimum atomic E-state index is -4.47. The average Bonchev–Trinajstić information content (AvgIpc) is 3.43. The van der Waals surface area contributed by atoms with Crippen LogP contribution >= 0.6 is 0 Å². The first-order valence-electron chi connectivity index (χ1n) is 8.47. The molecule has 0 aromatic heterocycles. The van der Waals surface area contributed by atoms with E-state index in [0.717, 1.165) is 25.0 Å². The Balaban J connectivity index is 1.54. The van der Waals surface area contributed by atoms with E-state index in [4.69, 9.17) is 0 Å². The summed E-state index contributed by atoms with van der Waals surface area (Å²) in [6.45, 7) is 0. The van der Waals surface area contributed by atoms with Gasteiger partial charge < -0.3 is 0 Å². The average molecular weight is 413 g/mol. The lowest BCUT2D eigenvalue weighted by Gasteiger charge is -2.11. The zero-order chi connectivity index (χ0) is 20.4. The smallest absolute Gasteiger partial charge is 0.299 e. The van der Waals surface area contributed by atoms with Crippen LogP contribution in [0.4, 0.5) is 18.9 Å². The maximum atomic E-state index is 12.7. The summed E-state index contributed by atoms with van der Waals surface area (Å²) in [5.41, 5.74) is 4.81. The maximum absolute atomic E-state index is 12.7. The minimum absolute atomic E-state index is 0.00191. The van der Waals surface area contributed by atoms with Crippen molar-refractivity contribution in [1.82, 2.24) is 10.1 Å². The van der Waals surface area contributed by atoms with Crippen molar-refractivity contribution >= 4 is 21.6 Å². The number of hydrazine groups is 1. The van der Waals surface area contributed by atoms with Crippen molar-refractivity contribution in [3.8, 4) is 0 Å². The highest BCUT2D eigenvalue weighted by Gasteiger charge is 2.30. The molecule has 0 saturated heterocycles. The molecule has 1 aliphatic rings. The molecule has 2 aromatic carbocycles. The van der Waals surface area contributed by atoms with E-state index in [1.807, 2.05) is 0 Å². The standard InChI is InChI=1S/C18H18F3N3O3S/c19-18(20,21)13-3-1-2-12(10-13)11-17(25)23-22-14-6-8-16(9-7-14)28(26,27)24-15-4-5-15/h1-3,6-10,15,22,24H,4-5,11H2,(H,23,25). The van der Waals surface area contributed by atoms with Crippen molar-refractivity contribution in [1.29, 1.82) is 0 Å². The fourth-order valence-electron chi connectivity index (χ4n) is 2.44. The van der Waals surface area contributed by atoms with E-state index >= 15 is 0 Å². The van der Waals surface area contributed by atoms with Crippen LogP contribution in [-0.4, -0.2) is 20.4 Å². The number of benzene rings is 2. The van der Waals surface area contributed by atoms with Gasteiger partial charge in [0.15, 0.2) is 0 Å². The highest BCUT2D eigenvalue weighted by atomic mass is 32.2. The molecule has 0 aliphatic heterocycles. The summed E-state index contributed by atoms with van der Waals surface area (Å²) >= 11 is 0. The fraction of sp³-hybridized carbons (Fsp3) is 0.278. The molecule has 0 bridgehead atoms. The Labute approximate surface area is 160 Å². The van der Waals surface area contributed by atoms with Crippen molar-refractivity contribution in [2.75, 3.05) is 5.43 Å². The Bertz CT molecular complexity index is 956. The quantitative estimate of drug-likeness (QED) is 0.610. The van der Waals surface area contributed by atoms with Gasteiger partial charge in [0.1, 0.15) is 0 Å². The lowest BCUT2D eigenvalue weighted by Crippen LogP contribution is -2.31. The van der Waals surface area contributed by atoms with Gasteiger partial charge in [-0.2, -0.15) is 13.2 Å². The van der Waals surface area contributed by atoms with E-state index in [0.29, 0.717) is 5.69 Å². The van der Waals surface area contributed by atoms with E-state index in [9.17, 15) is 26.4 Å². The number of rotatable bonds is 7. The molecule has 0 atom stereocenters. The molecule has 0 spiro atoms. The molecular weight excluding hydrogens is 395 g/mol. The summed E-state index contributed by atoms with van der Waals surface area (Å²) in [6, 6.07) is 10.3. The molecule has 1 aliphatic carbocycles. The molecule has 3 rings (SSSR count). The number of alkyl halides is 3. The van der Waals surface area contributed by atoms with Gasteiger partial charge in [0, 0.05) is 6.04 Å². The molecule has 28 heavy (non-hydrogen) atoms. The number of anilines is 1. The topological polar surface area (TPSA) is 87.3 Å². The third kappa shape index (κ3) is 5.46. The van der Waals surface area contributed by atoms with Crippen LogP contribution < -0.4 is 15.6 Å². The van der Waals surface area contributed by atoms with Gasteiger partial charge in [0.2, 0.25) is 15.9 Å². The van der Waals surface area contributed by atoms with Crippen LogP contribution in [-0.2, 0) is 27.4 Å². The molecule has 1 saturated carbocycles. The lowest BCUT2D eigenvalue weighted by atomic mass is 10.1. The Kier molecular flexibility index (Phi) is 5.61. The van der Waals surface area contributed by atoms with Gasteiger partial charge in [0.25, 0.3) is 0 Å². The molecular formula is C18H18F3N3O3S. The molecule has 1 fully saturated rings. The molecule has 6 nitrogen and oxygen atoms in total. The van der Waals surface area contributed by atoms with E-state index in [1.165, 1.54) is 36.4 Å². The van der Waals surface area contributed by atoms with Crippen molar-refractivity contribution in [2.45, 2.75) is 36.4 Å². The van der Waals surface area contributed by atoms with E-state index < -0.39 is 27.7 Å². The predicted octanol–water partition coefficient (Wildman–Crippen LogP) is 2.83. The summed E-state index contributed by atoms with van der Waals surface area (Å²) in [6.07, 6.45) is -3.05. The largest absolute Gasteiger partial charge is 0.416 e. The molecule has 0 unspecified atom stereocenters. The highest BCUT2D eigenvalue weighted by molar-refractivity contribution is 7.89. The first kappa shape index (κ1) is 20.2. The highest BCUT2D eigenvalue weighted by Crippen LogP contribution is 2.29. The normalized spacial score (nSPS) is 14.5. The zero-order valence-electron chi connectivity index (χ0n) is 14.6. The van der Waals surface area contributed by atoms with Gasteiger partial charge in [-0.3, -0.25) is 15.6 Å². The van der Waals surface area contributed by atoms with Crippen LogP contribution in [0.15, 0.2) is 53.4 Å². The number of nitrogens with one attached hydrogen (secondary N) is 3. The fourth-order valence-corrected chi connectivity index (χ4v) is 3.74. The Hall–Kier alpha value is -2.59. The number of hydrogen-bond acceptors (Lipinski definition) is 4. The zero-order valence-corrected chi connectivity index (χ0v) is 15.4. The van der Waals surface area contributed by atoms with Crippen LogP contribution in [0.5, 0.6) is 0 Å². The monoisotopic (exact) mass is 413 g/mol. The molecule has 3 N–H and O–H groups in total. The van der Waals surface area contributed by atoms with Gasteiger partial charge in [-0.1, -0.05) is 18.2 Å². The third-order valence-electron chi connectivity index (χ3n) is 4.03. The van der Waals surface area contributed by atoms with Crippen molar-refractivity contribution in [3.05, 3.63) is 59.7 Å². The second-order valence-electron chi connectivity index (χ2n) is 6.47. The van der Waals surface area contributed by atoms with Crippen LogP contribution in [0.25, 0.3) is 0 Å². The number of sulfonamides is 1. The molecule has 2 aromatic rings. The van der Waals surface area contributed by atoms with Gasteiger partial charge in [-0.05, 0) is 48.7 Å². The SMILES string of the molecule is O=C(Cc1cccc(C(F)(F)F)c1)NNc1ccc(S(=O)(=O)NC2CC2)cc1. The van der Waals surface area contributed by atoms with Crippen LogP contribution in [0.1, 0.15) is 24.0 Å². The Morgan fingerprint density at radius 2 is 1.75 bits per heavy atom. The van der Waals surface area contributed by atoms with E-state index in [-0.39, 0.29) is 22.9 Å². The van der Waals surface area contributed by atoms with Crippen molar-refractivity contribution in [2.24, 2.45) is 0 Å². The van der Waals surface area contributed by atoms with Gasteiger partial charge >= 0.3 is 6.18 Å². The number of amides is 1. The molecule has 0 radical (unpaired) electrons. The molecule has 1 amide bonds. The van der Waals surface area contributed by atoms with E-state index in [1.54, 1.807) is 0 Å². The first-order chi connectivity index (χ1) is 13.1. The predicted molar refractivity (Wildman–Crippen MR) is 96.7 cm³/mol. The summed E-state index contributed by atoms with van der Waals surface area (Å²) in [5, 5.41) is 0. The number of carbonyl (C=O) groups is 1. The van der Waals surface area contributed by atoms with Crippen molar-refractivity contribution in [3.63, 3.8) is 0 Å². The van der Waals surface area contributed by atoms with Crippen LogP contribution in [0.3, 0.4) is 0 Å². The van der Waals surface area contributed by atoms with Gasteiger partial charge in [0.05, 0.1) is 22.6 Å². The molecule has 10 heteroatoms. The van der Waals surface area contributed by atoms with Crippen LogP contribution in [0, 0.1) is 0 Å². The number of halogens is 3. The second-order valence-corrected chi connectivity index (χ2v) is 8.18. The summed E-state index contributed by atoms with van der Waals surface area (Å²) < 4.78 is 64.8. The molecule has 150 valence electrons. The third-order valence-corrected chi connectivity index (χ3v) is 5.57. The maximum Gasteiger partial charge on any atom is 0.416 e. The first-order valence-corrected chi connectivity index (χ1v) is 9.95. The number of carbonyl (C=O) groups excluding carboxylic acids is 1. The Morgan fingerprint density at radius 3 is 2.36 bits per heavy atom. The van der Waals surface area contributed by atoms with Crippen LogP contribution in [0.2, 0.25) is 0 Å². The van der Waals surface area contributed by atoms with Crippen molar-refractivity contribution < 1.29 is 26.4 Å². The Morgan fingerprint density at radius 1 is 1.07 bits per heavy atom. The second kappa shape index (κ2) is 7.80. The minimum Gasteiger partial charge on any atom is -0.299 e. The summed E-state index contributed by atoms with van der Waals surface area (Å²) in [5.74, 6) is -0.536. The lowest BCUT2D eigenvalue weighted by molar-refractivity contribution is -0.137. The van der Waals surface area contributed by atoms with Gasteiger partial charge in [-0.25, -0.2) is 13.1 Å². The van der Waals surface area contributed by atoms with Gasteiger partial charge in [-0.15, -0.1) is 0 Å². The van der Waals surface area contributed by atoms with E-state index in [2.05, 4.69) is 15.6 Å².